The molecule has 0 spiro atoms. The number of nitrogen functional groups attached to an aromatic ring is 1. The smallest absolute Gasteiger partial charge is 0.132 e. The van der Waals surface area contributed by atoms with Crippen molar-refractivity contribution in [3.05, 3.63) is 11.9 Å². The van der Waals surface area contributed by atoms with Gasteiger partial charge in [-0.25, -0.2) is 9.97 Å². The van der Waals surface area contributed by atoms with E-state index >= 15 is 0 Å². The summed E-state index contributed by atoms with van der Waals surface area (Å²) in [7, 11) is 0. The Morgan fingerprint density at radius 2 is 2.27 bits per heavy atom. The van der Waals surface area contributed by atoms with Gasteiger partial charge in [0.2, 0.25) is 0 Å². The Bertz CT molecular complexity index is 362. The van der Waals surface area contributed by atoms with E-state index in [2.05, 4.69) is 15.3 Å². The van der Waals surface area contributed by atoms with E-state index in [1.165, 1.54) is 0 Å². The highest BCUT2D eigenvalue weighted by atomic mass is 16.3. The van der Waals surface area contributed by atoms with Crippen LogP contribution in [0.5, 0.6) is 0 Å². The van der Waals surface area contributed by atoms with Gasteiger partial charge in [-0.1, -0.05) is 6.92 Å². The zero-order valence-electron chi connectivity index (χ0n) is 8.82. The van der Waals surface area contributed by atoms with Gasteiger partial charge in [0.1, 0.15) is 17.5 Å². The molecule has 5 heteroatoms. The predicted octanol–water partition coefficient (Wildman–Crippen LogP) is 0.558. The molecule has 1 aromatic heterocycles. The molecule has 15 heavy (non-hydrogen) atoms. The van der Waals surface area contributed by atoms with Crippen LogP contribution in [0.3, 0.4) is 0 Å². The molecular weight excluding hydrogens is 192 g/mol. The SMILES string of the molecule is CCc1nc(N)cc(NC2(CO)CC2)n1. The molecule has 0 atom stereocenters. The van der Waals surface area contributed by atoms with Gasteiger partial charge in [0.25, 0.3) is 0 Å². The maximum Gasteiger partial charge on any atom is 0.132 e. The molecule has 0 amide bonds. The van der Waals surface area contributed by atoms with Crippen molar-refractivity contribution in [1.82, 2.24) is 9.97 Å². The lowest BCUT2D eigenvalue weighted by atomic mass is 10.3. The van der Waals surface area contributed by atoms with Crippen LogP contribution in [0.25, 0.3) is 0 Å². The van der Waals surface area contributed by atoms with E-state index in [1.54, 1.807) is 6.07 Å². The summed E-state index contributed by atoms with van der Waals surface area (Å²) in [6.07, 6.45) is 2.72. The summed E-state index contributed by atoms with van der Waals surface area (Å²) in [5.74, 6) is 1.91. The lowest BCUT2D eigenvalue weighted by Gasteiger charge is -2.15. The molecule has 0 aromatic carbocycles. The van der Waals surface area contributed by atoms with Gasteiger partial charge in [0.15, 0.2) is 0 Å². The van der Waals surface area contributed by atoms with E-state index in [1.807, 2.05) is 6.92 Å². The fourth-order valence-corrected chi connectivity index (χ4v) is 1.49. The fraction of sp³-hybridized carbons (Fsp3) is 0.600. The molecule has 1 aliphatic rings. The summed E-state index contributed by atoms with van der Waals surface area (Å²) in [5, 5.41) is 12.4. The molecule has 0 radical (unpaired) electrons. The van der Waals surface area contributed by atoms with Crippen molar-refractivity contribution < 1.29 is 5.11 Å². The van der Waals surface area contributed by atoms with E-state index in [-0.39, 0.29) is 12.1 Å². The van der Waals surface area contributed by atoms with E-state index in [9.17, 15) is 5.11 Å². The van der Waals surface area contributed by atoms with Crippen LogP contribution in [0.2, 0.25) is 0 Å². The quantitative estimate of drug-likeness (QED) is 0.673. The van der Waals surface area contributed by atoms with Gasteiger partial charge in [0.05, 0.1) is 12.1 Å². The summed E-state index contributed by atoms with van der Waals surface area (Å²) >= 11 is 0. The Morgan fingerprint density at radius 1 is 1.53 bits per heavy atom. The topological polar surface area (TPSA) is 84.1 Å². The highest BCUT2D eigenvalue weighted by Gasteiger charge is 2.42. The Hall–Kier alpha value is -1.36. The van der Waals surface area contributed by atoms with Crippen molar-refractivity contribution in [2.75, 3.05) is 17.7 Å². The van der Waals surface area contributed by atoms with Gasteiger partial charge in [-0.3, -0.25) is 0 Å². The summed E-state index contributed by atoms with van der Waals surface area (Å²) in [5.41, 5.74) is 5.50. The number of nitrogens with zero attached hydrogens (tertiary/aromatic N) is 2. The zero-order valence-corrected chi connectivity index (χ0v) is 8.82. The second-order valence-electron chi connectivity index (χ2n) is 4.01. The maximum atomic E-state index is 9.18. The standard InChI is InChI=1S/C10H16N4O/c1-2-8-12-7(11)5-9(13-8)14-10(6-15)3-4-10/h5,15H,2-4,6H2,1H3,(H3,11,12,13,14). The number of hydrogen-bond acceptors (Lipinski definition) is 5. The van der Waals surface area contributed by atoms with Gasteiger partial charge in [-0.05, 0) is 12.8 Å². The Balaban J connectivity index is 2.17. The number of nitrogens with two attached hydrogens (primary N) is 1. The number of aliphatic hydroxyl groups excluding tert-OH is 1. The minimum atomic E-state index is -0.161. The normalized spacial score (nSPS) is 17.5. The van der Waals surface area contributed by atoms with E-state index < -0.39 is 0 Å². The van der Waals surface area contributed by atoms with Gasteiger partial charge < -0.3 is 16.2 Å². The Kier molecular flexibility index (Phi) is 2.48. The van der Waals surface area contributed by atoms with E-state index in [0.29, 0.717) is 11.6 Å². The molecule has 1 saturated carbocycles. The van der Waals surface area contributed by atoms with Crippen molar-refractivity contribution in [3.63, 3.8) is 0 Å². The molecule has 2 rings (SSSR count). The molecule has 0 aliphatic heterocycles. The van der Waals surface area contributed by atoms with Crippen molar-refractivity contribution in [1.29, 1.82) is 0 Å². The van der Waals surface area contributed by atoms with E-state index in [0.717, 1.165) is 25.1 Å². The zero-order chi connectivity index (χ0) is 10.9. The fourth-order valence-electron chi connectivity index (χ4n) is 1.49. The number of aromatic nitrogens is 2. The van der Waals surface area contributed by atoms with Gasteiger partial charge >= 0.3 is 0 Å². The van der Waals surface area contributed by atoms with Crippen LogP contribution >= 0.6 is 0 Å². The minimum Gasteiger partial charge on any atom is -0.394 e. The van der Waals surface area contributed by atoms with Crippen LogP contribution in [-0.4, -0.2) is 27.2 Å². The number of nitrogens with one attached hydrogen (secondary N) is 1. The molecule has 82 valence electrons. The van der Waals surface area contributed by atoms with Crippen molar-refractivity contribution in [2.45, 2.75) is 31.7 Å². The number of aliphatic hydroxyl groups is 1. The van der Waals surface area contributed by atoms with E-state index in [4.69, 9.17) is 5.73 Å². The number of rotatable bonds is 4. The van der Waals surface area contributed by atoms with Gasteiger partial charge in [-0.15, -0.1) is 0 Å². The second-order valence-corrected chi connectivity index (χ2v) is 4.01. The highest BCUT2D eigenvalue weighted by molar-refractivity contribution is 5.47. The lowest BCUT2D eigenvalue weighted by Crippen LogP contribution is -2.26. The molecule has 1 aliphatic carbocycles. The average Bonchev–Trinajstić information content (AvgIpc) is 2.97. The number of aryl methyl sites for hydroxylation is 1. The largest absolute Gasteiger partial charge is 0.394 e. The number of hydrogen-bond donors (Lipinski definition) is 3. The van der Waals surface area contributed by atoms with Crippen molar-refractivity contribution in [3.8, 4) is 0 Å². The van der Waals surface area contributed by atoms with Crippen LogP contribution in [0, 0.1) is 0 Å². The predicted molar refractivity (Wildman–Crippen MR) is 58.5 cm³/mol. The average molecular weight is 208 g/mol. The third-order valence-electron chi connectivity index (χ3n) is 2.66. The molecular formula is C10H16N4O. The number of anilines is 2. The Morgan fingerprint density at radius 3 is 2.80 bits per heavy atom. The third kappa shape index (κ3) is 2.18. The molecule has 5 nitrogen and oxygen atoms in total. The molecule has 0 saturated heterocycles. The van der Waals surface area contributed by atoms with Gasteiger partial charge in [-0.2, -0.15) is 0 Å². The summed E-state index contributed by atoms with van der Waals surface area (Å²) < 4.78 is 0. The van der Waals surface area contributed by atoms with Crippen LogP contribution < -0.4 is 11.1 Å². The maximum absolute atomic E-state index is 9.18. The highest BCUT2D eigenvalue weighted by Crippen LogP contribution is 2.37. The van der Waals surface area contributed by atoms with Crippen LogP contribution in [0.4, 0.5) is 11.6 Å². The Labute approximate surface area is 88.7 Å². The molecule has 1 aromatic rings. The molecule has 1 fully saturated rings. The molecule has 0 unspecified atom stereocenters. The molecule has 0 bridgehead atoms. The van der Waals surface area contributed by atoms with Crippen molar-refractivity contribution >= 4 is 11.6 Å². The first kappa shape index (κ1) is 10.2. The van der Waals surface area contributed by atoms with Crippen LogP contribution in [-0.2, 0) is 6.42 Å². The van der Waals surface area contributed by atoms with Crippen LogP contribution in [0.15, 0.2) is 6.07 Å². The molecule has 1 heterocycles. The first-order valence-electron chi connectivity index (χ1n) is 5.20. The summed E-state index contributed by atoms with van der Waals surface area (Å²) in [4.78, 5) is 8.40. The summed E-state index contributed by atoms with van der Waals surface area (Å²) in [6.45, 7) is 2.12. The van der Waals surface area contributed by atoms with Crippen LogP contribution in [0.1, 0.15) is 25.6 Å². The first-order chi connectivity index (χ1) is 7.17. The minimum absolute atomic E-state index is 0.137. The molecule has 4 N–H and O–H groups in total. The monoisotopic (exact) mass is 208 g/mol. The van der Waals surface area contributed by atoms with Crippen molar-refractivity contribution in [2.24, 2.45) is 0 Å². The summed E-state index contributed by atoms with van der Waals surface area (Å²) in [6, 6.07) is 1.70. The second kappa shape index (κ2) is 3.66. The lowest BCUT2D eigenvalue weighted by molar-refractivity contribution is 0.266. The first-order valence-corrected chi connectivity index (χ1v) is 5.20. The third-order valence-corrected chi connectivity index (χ3v) is 2.66. The van der Waals surface area contributed by atoms with Gasteiger partial charge in [0, 0.05) is 12.5 Å².